The van der Waals surface area contributed by atoms with Gasteiger partial charge in [0.15, 0.2) is 0 Å². The van der Waals surface area contributed by atoms with E-state index in [-0.39, 0.29) is 24.1 Å². The molecule has 0 aromatic rings. The molecule has 4 heteroatoms. The molecular formula is C8H14N2O2. The predicted molar refractivity (Wildman–Crippen MR) is 43.5 cm³/mol. The van der Waals surface area contributed by atoms with E-state index in [9.17, 15) is 4.79 Å². The summed E-state index contributed by atoms with van der Waals surface area (Å²) in [6.07, 6.45) is 2.55. The van der Waals surface area contributed by atoms with E-state index in [0.29, 0.717) is 0 Å². The molecule has 1 amide bonds. The molecule has 0 bridgehead atoms. The van der Waals surface area contributed by atoms with Gasteiger partial charge in [0.2, 0.25) is 5.91 Å². The van der Waals surface area contributed by atoms with Crippen LogP contribution in [-0.4, -0.2) is 30.7 Å². The second-order valence-corrected chi connectivity index (χ2v) is 3.52. The average molecular weight is 170 g/mol. The Bertz CT molecular complexity index is 189. The molecule has 2 unspecified atom stereocenters. The van der Waals surface area contributed by atoms with Crippen molar-refractivity contribution in [2.24, 2.45) is 5.73 Å². The van der Waals surface area contributed by atoms with E-state index in [0.717, 1.165) is 25.9 Å². The van der Waals surface area contributed by atoms with Gasteiger partial charge in [-0.1, -0.05) is 0 Å². The normalized spacial score (nSPS) is 39.6. The molecule has 0 spiro atoms. The van der Waals surface area contributed by atoms with Gasteiger partial charge >= 0.3 is 0 Å². The Kier molecular flexibility index (Phi) is 2.02. The molecule has 4 nitrogen and oxygen atoms in total. The lowest BCUT2D eigenvalue weighted by Crippen LogP contribution is -2.37. The maximum atomic E-state index is 11.3. The number of nitrogens with one attached hydrogen (secondary N) is 1. The van der Waals surface area contributed by atoms with Gasteiger partial charge in [-0.25, -0.2) is 0 Å². The van der Waals surface area contributed by atoms with E-state index in [1.54, 1.807) is 0 Å². The number of rotatable bonds is 2. The maximum absolute atomic E-state index is 11.3. The number of hydrogen-bond donors (Lipinski definition) is 2. The third-order valence-corrected chi connectivity index (χ3v) is 2.39. The van der Waals surface area contributed by atoms with Crippen molar-refractivity contribution in [1.29, 1.82) is 0 Å². The van der Waals surface area contributed by atoms with Crippen molar-refractivity contribution >= 4 is 5.91 Å². The quantitative estimate of drug-likeness (QED) is 0.580. The first-order valence-electron chi connectivity index (χ1n) is 4.45. The Labute approximate surface area is 71.4 Å². The predicted octanol–water partition coefficient (Wildman–Crippen LogP) is -0.619. The Morgan fingerprint density at radius 2 is 2.33 bits per heavy atom. The summed E-state index contributed by atoms with van der Waals surface area (Å²) in [6.45, 7) is 0.717. The number of nitrogens with two attached hydrogens (primary N) is 1. The molecule has 12 heavy (non-hydrogen) atoms. The lowest BCUT2D eigenvalue weighted by molar-refractivity contribution is -0.130. The summed E-state index contributed by atoms with van der Waals surface area (Å²) in [4.78, 5) is 11.3. The minimum Gasteiger partial charge on any atom is -0.368 e. The second-order valence-electron chi connectivity index (χ2n) is 3.52. The van der Waals surface area contributed by atoms with Gasteiger partial charge in [0.25, 0.3) is 0 Å². The standard InChI is InChI=1S/C8H14N2O2/c9-5-4-6(5)10-8(11)7-2-1-3-12-7/h5-7H,1-4,9H2,(H,10,11)/t5?,6?,7-/m0/s1. The highest BCUT2D eigenvalue weighted by atomic mass is 16.5. The Balaban J connectivity index is 1.76. The van der Waals surface area contributed by atoms with Crippen LogP contribution in [0.1, 0.15) is 19.3 Å². The summed E-state index contributed by atoms with van der Waals surface area (Å²) >= 11 is 0. The van der Waals surface area contributed by atoms with Gasteiger partial charge in [-0.15, -0.1) is 0 Å². The lowest BCUT2D eigenvalue weighted by Gasteiger charge is -2.09. The van der Waals surface area contributed by atoms with Crippen LogP contribution in [0.3, 0.4) is 0 Å². The highest BCUT2D eigenvalue weighted by Crippen LogP contribution is 2.19. The molecule has 1 aliphatic heterocycles. The van der Waals surface area contributed by atoms with Crippen LogP contribution >= 0.6 is 0 Å². The zero-order chi connectivity index (χ0) is 8.55. The lowest BCUT2D eigenvalue weighted by atomic mass is 10.2. The van der Waals surface area contributed by atoms with E-state index >= 15 is 0 Å². The summed E-state index contributed by atoms with van der Waals surface area (Å²) in [7, 11) is 0. The van der Waals surface area contributed by atoms with Gasteiger partial charge in [0.1, 0.15) is 6.10 Å². The van der Waals surface area contributed by atoms with E-state index in [4.69, 9.17) is 10.5 Å². The summed E-state index contributed by atoms with van der Waals surface area (Å²) in [5.41, 5.74) is 5.56. The van der Waals surface area contributed by atoms with Crippen molar-refractivity contribution in [2.75, 3.05) is 6.61 Å². The molecule has 1 aliphatic carbocycles. The number of amides is 1. The fourth-order valence-electron chi connectivity index (χ4n) is 1.44. The highest BCUT2D eigenvalue weighted by molar-refractivity contribution is 5.81. The van der Waals surface area contributed by atoms with Gasteiger partial charge in [-0.3, -0.25) is 4.79 Å². The van der Waals surface area contributed by atoms with Gasteiger partial charge in [-0.05, 0) is 19.3 Å². The van der Waals surface area contributed by atoms with Crippen molar-refractivity contribution in [2.45, 2.75) is 37.5 Å². The molecule has 2 rings (SSSR count). The largest absolute Gasteiger partial charge is 0.368 e. The third-order valence-electron chi connectivity index (χ3n) is 2.39. The van der Waals surface area contributed by atoms with Gasteiger partial charge in [0.05, 0.1) is 0 Å². The van der Waals surface area contributed by atoms with E-state index in [1.807, 2.05) is 0 Å². The Hall–Kier alpha value is -0.610. The van der Waals surface area contributed by atoms with E-state index in [1.165, 1.54) is 0 Å². The fraction of sp³-hybridized carbons (Fsp3) is 0.875. The molecule has 68 valence electrons. The Morgan fingerprint density at radius 1 is 1.58 bits per heavy atom. The highest BCUT2D eigenvalue weighted by Gasteiger charge is 2.36. The first-order chi connectivity index (χ1) is 5.77. The minimum atomic E-state index is -0.210. The van der Waals surface area contributed by atoms with E-state index in [2.05, 4.69) is 5.32 Å². The molecule has 2 aliphatic rings. The van der Waals surface area contributed by atoms with Crippen LogP contribution in [0.25, 0.3) is 0 Å². The smallest absolute Gasteiger partial charge is 0.249 e. The molecule has 2 fully saturated rings. The summed E-state index contributed by atoms with van der Waals surface area (Å²) < 4.78 is 5.23. The molecule has 3 N–H and O–H groups in total. The molecule has 0 aromatic heterocycles. The van der Waals surface area contributed by atoms with Gasteiger partial charge in [0, 0.05) is 18.7 Å². The first-order valence-corrected chi connectivity index (χ1v) is 4.45. The average Bonchev–Trinajstić information content (AvgIpc) is 2.58. The van der Waals surface area contributed by atoms with Crippen LogP contribution < -0.4 is 11.1 Å². The fourth-order valence-corrected chi connectivity index (χ4v) is 1.44. The molecule has 0 aromatic carbocycles. The monoisotopic (exact) mass is 170 g/mol. The first kappa shape index (κ1) is 8.01. The van der Waals surface area contributed by atoms with E-state index < -0.39 is 0 Å². The Morgan fingerprint density at radius 3 is 2.83 bits per heavy atom. The maximum Gasteiger partial charge on any atom is 0.249 e. The van der Waals surface area contributed by atoms with Crippen molar-refractivity contribution < 1.29 is 9.53 Å². The van der Waals surface area contributed by atoms with Crippen LogP contribution in [0.4, 0.5) is 0 Å². The molecule has 0 radical (unpaired) electrons. The summed E-state index contributed by atoms with van der Waals surface area (Å²) in [5.74, 6) is 0.0189. The van der Waals surface area contributed by atoms with Crippen molar-refractivity contribution in [3.63, 3.8) is 0 Å². The number of carbonyl (C=O) groups excluding carboxylic acids is 1. The van der Waals surface area contributed by atoms with Gasteiger partial charge in [-0.2, -0.15) is 0 Å². The molecular weight excluding hydrogens is 156 g/mol. The van der Waals surface area contributed by atoms with Crippen LogP contribution in [-0.2, 0) is 9.53 Å². The molecule has 1 saturated carbocycles. The third kappa shape index (κ3) is 1.59. The summed E-state index contributed by atoms with van der Waals surface area (Å²) in [5, 5.41) is 2.86. The van der Waals surface area contributed by atoms with Crippen LogP contribution in [0.2, 0.25) is 0 Å². The van der Waals surface area contributed by atoms with Gasteiger partial charge < -0.3 is 15.8 Å². The number of hydrogen-bond acceptors (Lipinski definition) is 3. The zero-order valence-corrected chi connectivity index (χ0v) is 6.95. The zero-order valence-electron chi connectivity index (χ0n) is 6.95. The van der Waals surface area contributed by atoms with Crippen molar-refractivity contribution in [1.82, 2.24) is 5.32 Å². The molecule has 1 heterocycles. The second kappa shape index (κ2) is 3.03. The minimum absolute atomic E-state index is 0.0189. The van der Waals surface area contributed by atoms with Crippen LogP contribution in [0, 0.1) is 0 Å². The van der Waals surface area contributed by atoms with Crippen LogP contribution in [0.5, 0.6) is 0 Å². The topological polar surface area (TPSA) is 64.3 Å². The van der Waals surface area contributed by atoms with Crippen LogP contribution in [0.15, 0.2) is 0 Å². The molecule has 1 saturated heterocycles. The van der Waals surface area contributed by atoms with Crippen molar-refractivity contribution in [3.05, 3.63) is 0 Å². The molecule has 3 atom stereocenters. The van der Waals surface area contributed by atoms with Crippen molar-refractivity contribution in [3.8, 4) is 0 Å². The number of carbonyl (C=O) groups is 1. The SMILES string of the molecule is NC1CC1NC(=O)[C@@H]1CCCO1. The number of ether oxygens (including phenoxy) is 1. The summed E-state index contributed by atoms with van der Waals surface area (Å²) in [6, 6.07) is 0.386.